The van der Waals surface area contributed by atoms with Gasteiger partial charge in [0, 0.05) is 6.54 Å². The van der Waals surface area contributed by atoms with E-state index in [4.69, 9.17) is 4.74 Å². The van der Waals surface area contributed by atoms with Crippen LogP contribution in [0.15, 0.2) is 30.3 Å². The Morgan fingerprint density at radius 3 is 2.40 bits per heavy atom. The molecule has 4 heteroatoms. The Morgan fingerprint density at radius 1 is 1.30 bits per heavy atom. The molecule has 1 atom stereocenters. The number of esters is 1. The zero-order valence-electron chi connectivity index (χ0n) is 13.0. The summed E-state index contributed by atoms with van der Waals surface area (Å²) >= 11 is 0. The highest BCUT2D eigenvalue weighted by Crippen LogP contribution is 2.24. The van der Waals surface area contributed by atoms with E-state index >= 15 is 0 Å². The Balaban J connectivity index is 3.15. The third-order valence-electron chi connectivity index (χ3n) is 3.68. The van der Waals surface area contributed by atoms with E-state index in [0.29, 0.717) is 6.54 Å². The minimum absolute atomic E-state index is 0.249. The second kappa shape index (κ2) is 8.02. The smallest absolute Gasteiger partial charge is 0.332 e. The average molecular weight is 278 g/mol. The van der Waals surface area contributed by atoms with E-state index in [9.17, 15) is 4.79 Å². The predicted octanol–water partition coefficient (Wildman–Crippen LogP) is 2.01. The summed E-state index contributed by atoms with van der Waals surface area (Å²) in [5.74, 6) is -0.249. The number of benzene rings is 1. The number of methoxy groups -OCH3 is 1. The first-order valence-electron chi connectivity index (χ1n) is 7.19. The molecule has 0 bridgehead atoms. The van der Waals surface area contributed by atoms with Gasteiger partial charge in [-0.05, 0) is 32.1 Å². The van der Waals surface area contributed by atoms with E-state index in [2.05, 4.69) is 24.1 Å². The Hall–Kier alpha value is -1.39. The van der Waals surface area contributed by atoms with E-state index in [1.54, 1.807) is 0 Å². The maximum Gasteiger partial charge on any atom is 0.332 e. The number of carbonyl (C=O) groups excluding carboxylic acids is 1. The maximum atomic E-state index is 12.4. The number of hydrogen-bond donors (Lipinski definition) is 1. The molecule has 20 heavy (non-hydrogen) atoms. The average Bonchev–Trinajstić information content (AvgIpc) is 2.51. The van der Waals surface area contributed by atoms with Crippen LogP contribution in [0.5, 0.6) is 0 Å². The van der Waals surface area contributed by atoms with Gasteiger partial charge in [-0.3, -0.25) is 0 Å². The van der Waals surface area contributed by atoms with Crippen LogP contribution in [-0.4, -0.2) is 44.7 Å². The second-order valence-electron chi connectivity index (χ2n) is 4.88. The first-order valence-corrected chi connectivity index (χ1v) is 7.19. The summed E-state index contributed by atoms with van der Waals surface area (Å²) in [7, 11) is 3.25. The van der Waals surface area contributed by atoms with Crippen LogP contribution in [0, 0.1) is 0 Å². The molecule has 0 aliphatic carbocycles. The largest absolute Gasteiger partial charge is 0.467 e. The van der Waals surface area contributed by atoms with Gasteiger partial charge in [-0.1, -0.05) is 44.2 Å². The fourth-order valence-corrected chi connectivity index (χ4v) is 2.50. The highest BCUT2D eigenvalue weighted by atomic mass is 16.5. The van der Waals surface area contributed by atoms with Crippen molar-refractivity contribution in [3.63, 3.8) is 0 Å². The van der Waals surface area contributed by atoms with Gasteiger partial charge >= 0.3 is 5.97 Å². The standard InChI is InChI=1S/C16H26N2O2/c1-5-12-18(6-2)13-16(17-3,15(19)20-4)14-10-8-7-9-11-14/h7-11,17H,5-6,12-13H2,1-4H3. The Morgan fingerprint density at radius 2 is 1.95 bits per heavy atom. The van der Waals surface area contributed by atoms with Gasteiger partial charge in [-0.2, -0.15) is 0 Å². The number of likely N-dealkylation sites (N-methyl/N-ethyl adjacent to an activating group) is 2. The highest BCUT2D eigenvalue weighted by Gasteiger charge is 2.41. The van der Waals surface area contributed by atoms with Gasteiger partial charge in [0.15, 0.2) is 5.54 Å². The summed E-state index contributed by atoms with van der Waals surface area (Å²) in [5.41, 5.74) is 0.116. The lowest BCUT2D eigenvalue weighted by Gasteiger charge is -2.36. The van der Waals surface area contributed by atoms with Gasteiger partial charge in [-0.15, -0.1) is 0 Å². The molecule has 4 nitrogen and oxygen atoms in total. The molecule has 0 aliphatic heterocycles. The summed E-state index contributed by atoms with van der Waals surface area (Å²) in [6.45, 7) is 6.72. The van der Waals surface area contributed by atoms with Crippen LogP contribution < -0.4 is 5.32 Å². The molecule has 0 spiro atoms. The third kappa shape index (κ3) is 3.58. The van der Waals surface area contributed by atoms with Crippen molar-refractivity contribution in [2.75, 3.05) is 33.8 Å². The van der Waals surface area contributed by atoms with Crippen molar-refractivity contribution in [3.05, 3.63) is 35.9 Å². The van der Waals surface area contributed by atoms with Crippen LogP contribution in [0.3, 0.4) is 0 Å². The molecular formula is C16H26N2O2. The monoisotopic (exact) mass is 278 g/mol. The van der Waals surface area contributed by atoms with Crippen molar-refractivity contribution in [1.29, 1.82) is 0 Å². The number of nitrogens with zero attached hydrogens (tertiary/aromatic N) is 1. The van der Waals surface area contributed by atoms with Gasteiger partial charge < -0.3 is 15.0 Å². The van der Waals surface area contributed by atoms with Crippen molar-refractivity contribution >= 4 is 5.97 Å². The summed E-state index contributed by atoms with van der Waals surface area (Å²) in [5, 5.41) is 3.19. The van der Waals surface area contributed by atoms with Crippen molar-refractivity contribution in [2.45, 2.75) is 25.8 Å². The molecule has 0 heterocycles. The Kier molecular flexibility index (Phi) is 6.68. The molecule has 0 saturated heterocycles. The lowest BCUT2D eigenvalue weighted by atomic mass is 9.89. The molecular weight excluding hydrogens is 252 g/mol. The predicted molar refractivity (Wildman–Crippen MR) is 81.6 cm³/mol. The number of rotatable bonds is 8. The van der Waals surface area contributed by atoms with Crippen LogP contribution in [0.2, 0.25) is 0 Å². The summed E-state index contributed by atoms with van der Waals surface area (Å²) in [4.78, 5) is 14.7. The van der Waals surface area contributed by atoms with Crippen molar-refractivity contribution < 1.29 is 9.53 Å². The van der Waals surface area contributed by atoms with Crippen LogP contribution in [-0.2, 0) is 15.1 Å². The van der Waals surface area contributed by atoms with Crippen molar-refractivity contribution in [3.8, 4) is 0 Å². The topological polar surface area (TPSA) is 41.6 Å². The molecule has 0 aliphatic rings. The zero-order valence-corrected chi connectivity index (χ0v) is 13.0. The molecule has 1 unspecified atom stereocenters. The van der Waals surface area contributed by atoms with Crippen molar-refractivity contribution in [1.82, 2.24) is 10.2 Å². The van der Waals surface area contributed by atoms with Crippen LogP contribution in [0.4, 0.5) is 0 Å². The second-order valence-corrected chi connectivity index (χ2v) is 4.88. The van der Waals surface area contributed by atoms with Crippen LogP contribution in [0.25, 0.3) is 0 Å². The van der Waals surface area contributed by atoms with Gasteiger partial charge in [0.1, 0.15) is 0 Å². The van der Waals surface area contributed by atoms with Gasteiger partial charge in [0.25, 0.3) is 0 Å². The minimum atomic E-state index is -0.818. The molecule has 1 aromatic carbocycles. The number of carbonyl (C=O) groups is 1. The lowest BCUT2D eigenvalue weighted by Crippen LogP contribution is -2.55. The van der Waals surface area contributed by atoms with Crippen molar-refractivity contribution in [2.24, 2.45) is 0 Å². The molecule has 0 fully saturated rings. The van der Waals surface area contributed by atoms with E-state index < -0.39 is 5.54 Å². The fraction of sp³-hybridized carbons (Fsp3) is 0.562. The molecule has 1 rings (SSSR count). The van der Waals surface area contributed by atoms with Crippen LogP contribution >= 0.6 is 0 Å². The van der Waals surface area contributed by atoms with Gasteiger partial charge in [-0.25, -0.2) is 4.79 Å². The zero-order chi connectivity index (χ0) is 15.0. The molecule has 1 aromatic rings. The third-order valence-corrected chi connectivity index (χ3v) is 3.68. The molecule has 112 valence electrons. The SMILES string of the molecule is CCCN(CC)CC(NC)(C(=O)OC)c1ccccc1. The molecule has 1 N–H and O–H groups in total. The fourth-order valence-electron chi connectivity index (χ4n) is 2.50. The van der Waals surface area contributed by atoms with E-state index in [0.717, 1.165) is 25.1 Å². The summed E-state index contributed by atoms with van der Waals surface area (Å²) < 4.78 is 5.06. The maximum absolute atomic E-state index is 12.4. The Labute approximate surface area is 122 Å². The number of nitrogens with one attached hydrogen (secondary N) is 1. The van der Waals surface area contributed by atoms with E-state index in [1.807, 2.05) is 37.4 Å². The van der Waals surface area contributed by atoms with E-state index in [1.165, 1.54) is 7.11 Å². The number of hydrogen-bond acceptors (Lipinski definition) is 4. The van der Waals surface area contributed by atoms with Crippen LogP contribution in [0.1, 0.15) is 25.8 Å². The number of ether oxygens (including phenoxy) is 1. The summed E-state index contributed by atoms with van der Waals surface area (Å²) in [6, 6.07) is 9.77. The normalized spacial score (nSPS) is 14.1. The summed E-state index contributed by atoms with van der Waals surface area (Å²) in [6.07, 6.45) is 1.06. The van der Waals surface area contributed by atoms with E-state index in [-0.39, 0.29) is 5.97 Å². The molecule has 0 radical (unpaired) electrons. The highest BCUT2D eigenvalue weighted by molar-refractivity contribution is 5.83. The minimum Gasteiger partial charge on any atom is -0.467 e. The molecule has 0 aromatic heterocycles. The Bertz CT molecular complexity index is 408. The molecule has 0 saturated carbocycles. The first kappa shape index (κ1) is 16.7. The van der Waals surface area contributed by atoms with Gasteiger partial charge in [0.05, 0.1) is 7.11 Å². The first-order chi connectivity index (χ1) is 9.64. The quantitative estimate of drug-likeness (QED) is 0.739. The molecule has 0 amide bonds. The van der Waals surface area contributed by atoms with Gasteiger partial charge in [0.2, 0.25) is 0 Å². The lowest BCUT2D eigenvalue weighted by molar-refractivity contribution is -0.150.